The molecule has 2 aromatic rings. The molecule has 0 aliphatic carbocycles. The summed E-state index contributed by atoms with van der Waals surface area (Å²) < 4.78 is 5.87. The number of ether oxygens (including phenoxy) is 1. The molecule has 0 radical (unpaired) electrons. The number of thiol groups is 1. The minimum Gasteiger partial charge on any atom is -0.476 e. The van der Waals surface area contributed by atoms with Crippen molar-refractivity contribution in [2.75, 3.05) is 24.2 Å². The van der Waals surface area contributed by atoms with Crippen LogP contribution in [0.3, 0.4) is 0 Å². The second-order valence-electron chi connectivity index (χ2n) is 5.64. The molecular weight excluding hydrogens is 306 g/mol. The molecule has 1 atom stereocenters. The van der Waals surface area contributed by atoms with Crippen molar-refractivity contribution in [2.24, 2.45) is 5.73 Å². The second-order valence-corrected chi connectivity index (χ2v) is 6.00. The lowest BCUT2D eigenvalue weighted by molar-refractivity contribution is 0.311. The summed E-state index contributed by atoms with van der Waals surface area (Å²) in [5.41, 5.74) is 10.7. The third kappa shape index (κ3) is 5.15. The van der Waals surface area contributed by atoms with Gasteiger partial charge in [0.2, 0.25) is 5.88 Å². The summed E-state index contributed by atoms with van der Waals surface area (Å²) in [6, 6.07) is 10.2. The van der Waals surface area contributed by atoms with E-state index in [0.29, 0.717) is 24.8 Å². The topological polar surface area (TPSA) is 60.2 Å². The molecule has 1 aromatic heterocycles. The predicted octanol–water partition coefficient (Wildman–Crippen LogP) is 2.99. The van der Waals surface area contributed by atoms with Gasteiger partial charge in [-0.1, -0.05) is 18.2 Å². The van der Waals surface area contributed by atoms with Gasteiger partial charge in [-0.3, -0.25) is 0 Å². The highest BCUT2D eigenvalue weighted by Crippen LogP contribution is 2.21. The first-order valence-corrected chi connectivity index (χ1v) is 8.48. The van der Waals surface area contributed by atoms with Gasteiger partial charge in [-0.25, -0.2) is 4.98 Å². The average molecular weight is 331 g/mol. The zero-order valence-corrected chi connectivity index (χ0v) is 14.6. The van der Waals surface area contributed by atoms with Crippen LogP contribution in [0.25, 0.3) is 0 Å². The molecule has 3 N–H and O–H groups in total. The van der Waals surface area contributed by atoms with Gasteiger partial charge in [0.1, 0.15) is 0 Å². The zero-order chi connectivity index (χ0) is 16.7. The molecule has 1 heterocycles. The van der Waals surface area contributed by atoms with Crippen LogP contribution in [0, 0.1) is 13.8 Å². The molecule has 0 fully saturated rings. The maximum Gasteiger partial charge on any atom is 0.237 e. The molecule has 1 unspecified atom stereocenters. The molecule has 0 spiro atoms. The van der Waals surface area contributed by atoms with E-state index in [-0.39, 0.29) is 6.04 Å². The molecule has 23 heavy (non-hydrogen) atoms. The van der Waals surface area contributed by atoms with Gasteiger partial charge in [0.05, 0.1) is 12.3 Å². The smallest absolute Gasteiger partial charge is 0.237 e. The molecule has 0 bridgehead atoms. The van der Waals surface area contributed by atoms with Crippen molar-refractivity contribution < 1.29 is 4.74 Å². The highest BCUT2D eigenvalue weighted by Gasteiger charge is 2.07. The molecule has 1 aromatic carbocycles. The molecule has 0 saturated carbocycles. The fourth-order valence-electron chi connectivity index (χ4n) is 2.29. The van der Waals surface area contributed by atoms with E-state index in [0.717, 1.165) is 12.1 Å². The van der Waals surface area contributed by atoms with Crippen LogP contribution in [-0.4, -0.2) is 29.9 Å². The largest absolute Gasteiger partial charge is 0.476 e. The highest BCUT2D eigenvalue weighted by molar-refractivity contribution is 7.80. The fourth-order valence-corrected chi connectivity index (χ4v) is 2.42. The van der Waals surface area contributed by atoms with Gasteiger partial charge in [-0.2, -0.15) is 12.6 Å². The van der Waals surface area contributed by atoms with Crippen LogP contribution < -0.4 is 15.8 Å². The normalized spacial score (nSPS) is 12.0. The van der Waals surface area contributed by atoms with E-state index < -0.39 is 0 Å². The van der Waals surface area contributed by atoms with Crippen molar-refractivity contribution in [3.63, 3.8) is 0 Å². The minimum atomic E-state index is 0.00123. The van der Waals surface area contributed by atoms with E-state index in [1.54, 1.807) is 6.20 Å². The number of nitrogens with one attached hydrogen (secondary N) is 1. The van der Waals surface area contributed by atoms with E-state index in [9.17, 15) is 0 Å². The Morgan fingerprint density at radius 1 is 1.26 bits per heavy atom. The van der Waals surface area contributed by atoms with E-state index in [2.05, 4.69) is 55.0 Å². The zero-order valence-electron chi connectivity index (χ0n) is 13.7. The summed E-state index contributed by atoms with van der Waals surface area (Å²) in [6.45, 7) is 5.51. The van der Waals surface area contributed by atoms with E-state index in [1.165, 1.54) is 16.7 Å². The molecule has 124 valence electrons. The van der Waals surface area contributed by atoms with Crippen LogP contribution >= 0.6 is 12.6 Å². The van der Waals surface area contributed by atoms with Crippen LogP contribution in [0.4, 0.5) is 5.69 Å². The minimum absolute atomic E-state index is 0.00123. The SMILES string of the molecule is Cc1cccc(CCOc2ncccc2NCC(N)CS)c1C. The van der Waals surface area contributed by atoms with Crippen molar-refractivity contribution >= 4 is 18.3 Å². The number of hydrogen-bond donors (Lipinski definition) is 3. The van der Waals surface area contributed by atoms with Crippen molar-refractivity contribution in [3.8, 4) is 5.88 Å². The highest BCUT2D eigenvalue weighted by atomic mass is 32.1. The van der Waals surface area contributed by atoms with Gasteiger partial charge in [0.25, 0.3) is 0 Å². The van der Waals surface area contributed by atoms with Crippen molar-refractivity contribution in [1.82, 2.24) is 4.98 Å². The monoisotopic (exact) mass is 331 g/mol. The van der Waals surface area contributed by atoms with Gasteiger partial charge in [-0.15, -0.1) is 0 Å². The van der Waals surface area contributed by atoms with Crippen LogP contribution in [-0.2, 0) is 6.42 Å². The average Bonchev–Trinajstić information content (AvgIpc) is 2.57. The number of anilines is 1. The maximum absolute atomic E-state index is 5.88. The molecule has 5 heteroatoms. The lowest BCUT2D eigenvalue weighted by atomic mass is 10.0. The standard InChI is InChI=1S/C18H25N3OS/c1-13-5-3-6-15(14(13)2)8-10-22-18-17(7-4-9-20-18)21-11-16(19)12-23/h3-7,9,16,21,23H,8,10-12,19H2,1-2H3. The first-order valence-electron chi connectivity index (χ1n) is 7.85. The number of nitrogens with zero attached hydrogens (tertiary/aromatic N) is 1. The van der Waals surface area contributed by atoms with Gasteiger partial charge < -0.3 is 15.8 Å². The van der Waals surface area contributed by atoms with E-state index >= 15 is 0 Å². The predicted molar refractivity (Wildman–Crippen MR) is 99.7 cm³/mol. The number of benzene rings is 1. The third-order valence-electron chi connectivity index (χ3n) is 3.89. The Kier molecular flexibility index (Phi) is 6.74. The number of aromatic nitrogens is 1. The molecule has 0 aliphatic rings. The maximum atomic E-state index is 5.88. The molecule has 4 nitrogen and oxygen atoms in total. The van der Waals surface area contributed by atoms with Crippen molar-refractivity contribution in [1.29, 1.82) is 0 Å². The Balaban J connectivity index is 1.94. The number of hydrogen-bond acceptors (Lipinski definition) is 5. The van der Waals surface area contributed by atoms with Gasteiger partial charge in [0.15, 0.2) is 0 Å². The number of rotatable bonds is 8. The number of aryl methyl sites for hydroxylation is 1. The van der Waals surface area contributed by atoms with Crippen LogP contribution in [0.5, 0.6) is 5.88 Å². The Morgan fingerprint density at radius 2 is 2.09 bits per heavy atom. The van der Waals surface area contributed by atoms with Crippen LogP contribution in [0.15, 0.2) is 36.5 Å². The molecular formula is C18H25N3OS. The fraction of sp³-hybridized carbons (Fsp3) is 0.389. The third-order valence-corrected chi connectivity index (χ3v) is 4.36. The summed E-state index contributed by atoms with van der Waals surface area (Å²) in [6.07, 6.45) is 2.59. The summed E-state index contributed by atoms with van der Waals surface area (Å²) in [7, 11) is 0. The molecule has 0 aliphatic heterocycles. The number of pyridine rings is 1. The Labute approximate surface area is 143 Å². The quantitative estimate of drug-likeness (QED) is 0.651. The molecule has 2 rings (SSSR count). The molecule has 0 amide bonds. The Bertz CT molecular complexity index is 633. The summed E-state index contributed by atoms with van der Waals surface area (Å²) >= 11 is 4.19. The second kappa shape index (κ2) is 8.79. The summed E-state index contributed by atoms with van der Waals surface area (Å²) in [5.74, 6) is 1.25. The van der Waals surface area contributed by atoms with E-state index in [4.69, 9.17) is 10.5 Å². The van der Waals surface area contributed by atoms with Crippen LogP contribution in [0.1, 0.15) is 16.7 Å². The summed E-state index contributed by atoms with van der Waals surface area (Å²) in [5, 5.41) is 3.27. The molecule has 0 saturated heterocycles. The van der Waals surface area contributed by atoms with Gasteiger partial charge >= 0.3 is 0 Å². The van der Waals surface area contributed by atoms with Gasteiger partial charge in [-0.05, 0) is 42.7 Å². The first kappa shape index (κ1) is 17.6. The lowest BCUT2D eigenvalue weighted by Gasteiger charge is -2.15. The first-order chi connectivity index (χ1) is 11.1. The summed E-state index contributed by atoms with van der Waals surface area (Å²) in [4.78, 5) is 4.31. The van der Waals surface area contributed by atoms with Crippen molar-refractivity contribution in [2.45, 2.75) is 26.3 Å². The Hall–Kier alpha value is -1.72. The van der Waals surface area contributed by atoms with Crippen LogP contribution in [0.2, 0.25) is 0 Å². The Morgan fingerprint density at radius 3 is 2.87 bits per heavy atom. The number of nitrogens with two attached hydrogens (primary N) is 1. The van der Waals surface area contributed by atoms with E-state index in [1.807, 2.05) is 12.1 Å². The lowest BCUT2D eigenvalue weighted by Crippen LogP contribution is -2.30. The van der Waals surface area contributed by atoms with Crippen molar-refractivity contribution in [3.05, 3.63) is 53.2 Å². The van der Waals surface area contributed by atoms with Gasteiger partial charge in [0, 0.05) is 31.0 Å².